The molecule has 6 heteroatoms. The first-order valence-electron chi connectivity index (χ1n) is 36.3. The van der Waals surface area contributed by atoms with Crippen molar-refractivity contribution in [1.82, 2.24) is 0 Å². The van der Waals surface area contributed by atoms with Gasteiger partial charge in [0, 0.05) is 19.3 Å². The van der Waals surface area contributed by atoms with E-state index in [4.69, 9.17) is 14.2 Å². The Balaban J connectivity index is 4.14. The van der Waals surface area contributed by atoms with Crippen molar-refractivity contribution in [1.29, 1.82) is 0 Å². The van der Waals surface area contributed by atoms with Crippen LogP contribution in [0.15, 0.2) is 24.3 Å². The molecule has 0 saturated heterocycles. The van der Waals surface area contributed by atoms with Gasteiger partial charge in [0.05, 0.1) is 0 Å². The minimum absolute atomic E-state index is 0.0665. The number of carbonyl (C=O) groups is 3. The second kappa shape index (κ2) is 69.4. The lowest BCUT2D eigenvalue weighted by Crippen LogP contribution is -2.30. The summed E-state index contributed by atoms with van der Waals surface area (Å²) in [4.78, 5) is 38.4. The predicted molar refractivity (Wildman–Crippen MR) is 349 cm³/mol. The molecule has 0 saturated carbocycles. The van der Waals surface area contributed by atoms with Crippen LogP contribution in [0.2, 0.25) is 0 Å². The lowest BCUT2D eigenvalue weighted by molar-refractivity contribution is -0.167. The van der Waals surface area contributed by atoms with Gasteiger partial charge in [-0.15, -0.1) is 0 Å². The molecule has 0 fully saturated rings. The molecule has 1 atom stereocenters. The zero-order valence-electron chi connectivity index (χ0n) is 54.4. The molecular formula is C74H140O6. The second-order valence-electron chi connectivity index (χ2n) is 24.9. The molecular weight excluding hydrogens is 985 g/mol. The average Bonchev–Trinajstić information content (AvgIpc) is 3.46. The first-order chi connectivity index (χ1) is 39.5. The fourth-order valence-corrected chi connectivity index (χ4v) is 11.2. The van der Waals surface area contributed by atoms with Crippen LogP contribution in [0.1, 0.15) is 412 Å². The van der Waals surface area contributed by atoms with E-state index < -0.39 is 6.10 Å². The van der Waals surface area contributed by atoms with Crippen LogP contribution in [0.25, 0.3) is 0 Å². The highest BCUT2D eigenvalue weighted by Crippen LogP contribution is 2.19. The number of hydrogen-bond acceptors (Lipinski definition) is 6. The Morgan fingerprint density at radius 2 is 0.412 bits per heavy atom. The third-order valence-electron chi connectivity index (χ3n) is 16.7. The van der Waals surface area contributed by atoms with Crippen molar-refractivity contribution >= 4 is 17.9 Å². The monoisotopic (exact) mass is 1130 g/mol. The molecule has 0 N–H and O–H groups in total. The number of rotatable bonds is 68. The second-order valence-corrected chi connectivity index (χ2v) is 24.9. The maximum absolute atomic E-state index is 12.9. The van der Waals surface area contributed by atoms with Gasteiger partial charge < -0.3 is 14.2 Å². The molecule has 0 aromatic heterocycles. The molecule has 0 aliphatic rings. The summed E-state index contributed by atoms with van der Waals surface area (Å²) in [5.74, 6) is -0.838. The van der Waals surface area contributed by atoms with Crippen molar-refractivity contribution in [3.05, 3.63) is 24.3 Å². The lowest BCUT2D eigenvalue weighted by Gasteiger charge is -2.18. The van der Waals surface area contributed by atoms with E-state index in [1.807, 2.05) is 0 Å². The Bertz CT molecular complexity index is 1290. The molecule has 0 aliphatic carbocycles. The number of allylic oxidation sites excluding steroid dienone is 4. The molecule has 0 amide bonds. The first kappa shape index (κ1) is 77.9. The molecule has 80 heavy (non-hydrogen) atoms. The summed E-state index contributed by atoms with van der Waals surface area (Å²) in [7, 11) is 0. The minimum atomic E-state index is -0.770. The predicted octanol–water partition coefficient (Wildman–Crippen LogP) is 25.0. The highest BCUT2D eigenvalue weighted by atomic mass is 16.6. The maximum Gasteiger partial charge on any atom is 0.306 e. The van der Waals surface area contributed by atoms with Gasteiger partial charge in [0.15, 0.2) is 6.10 Å². The molecule has 0 aromatic carbocycles. The van der Waals surface area contributed by atoms with E-state index in [1.165, 1.54) is 315 Å². The smallest absolute Gasteiger partial charge is 0.306 e. The van der Waals surface area contributed by atoms with E-state index in [0.717, 1.165) is 57.8 Å². The number of unbranched alkanes of at least 4 members (excludes halogenated alkanes) is 53. The molecule has 6 nitrogen and oxygen atoms in total. The minimum Gasteiger partial charge on any atom is -0.462 e. The third-order valence-corrected chi connectivity index (χ3v) is 16.7. The first-order valence-corrected chi connectivity index (χ1v) is 36.3. The van der Waals surface area contributed by atoms with Crippen LogP contribution in [-0.2, 0) is 28.6 Å². The molecule has 0 bridgehead atoms. The maximum atomic E-state index is 12.9. The summed E-state index contributed by atoms with van der Waals surface area (Å²) in [6.45, 7) is 6.71. The van der Waals surface area contributed by atoms with E-state index in [-0.39, 0.29) is 31.1 Å². The molecule has 0 heterocycles. The van der Waals surface area contributed by atoms with Gasteiger partial charge in [0.1, 0.15) is 13.2 Å². The topological polar surface area (TPSA) is 78.9 Å². The Labute approximate surface area is 500 Å². The largest absolute Gasteiger partial charge is 0.462 e. The van der Waals surface area contributed by atoms with Gasteiger partial charge in [-0.25, -0.2) is 0 Å². The fourth-order valence-electron chi connectivity index (χ4n) is 11.2. The van der Waals surface area contributed by atoms with Crippen molar-refractivity contribution in [2.45, 2.75) is 419 Å². The Morgan fingerprint density at radius 3 is 0.625 bits per heavy atom. The molecule has 472 valence electrons. The van der Waals surface area contributed by atoms with Crippen LogP contribution in [0.3, 0.4) is 0 Å². The van der Waals surface area contributed by atoms with Crippen LogP contribution >= 0.6 is 0 Å². The van der Waals surface area contributed by atoms with Gasteiger partial charge in [0.25, 0.3) is 0 Å². The van der Waals surface area contributed by atoms with Gasteiger partial charge in [-0.05, 0) is 70.6 Å². The highest BCUT2D eigenvalue weighted by Gasteiger charge is 2.19. The Hall–Kier alpha value is -2.11. The standard InChI is InChI=1S/C74H140O6/c1-4-7-10-13-16-19-22-25-28-30-31-32-33-34-35-36-37-38-39-40-41-42-43-45-46-49-52-55-58-61-64-67-73(76)79-70-71(69-78-72(75)66-63-60-57-54-51-48-27-24-21-18-15-12-9-6-3)80-74(77)68-65-62-59-56-53-50-47-44-29-26-23-20-17-14-11-8-5-2/h26,29-31,71H,4-25,27-28,32-70H2,1-3H3/b29-26-,31-30-. The molecule has 0 aromatic rings. The van der Waals surface area contributed by atoms with E-state index in [1.54, 1.807) is 0 Å². The number of ether oxygens (including phenoxy) is 3. The van der Waals surface area contributed by atoms with Crippen LogP contribution in [0.5, 0.6) is 0 Å². The van der Waals surface area contributed by atoms with Gasteiger partial charge in [-0.1, -0.05) is 347 Å². The van der Waals surface area contributed by atoms with E-state index in [9.17, 15) is 14.4 Å². The zero-order chi connectivity index (χ0) is 57.8. The van der Waals surface area contributed by atoms with Crippen LogP contribution in [0.4, 0.5) is 0 Å². The number of carbonyl (C=O) groups excluding carboxylic acids is 3. The van der Waals surface area contributed by atoms with Crippen molar-refractivity contribution < 1.29 is 28.6 Å². The van der Waals surface area contributed by atoms with Crippen molar-refractivity contribution in [2.75, 3.05) is 13.2 Å². The van der Waals surface area contributed by atoms with Crippen LogP contribution in [-0.4, -0.2) is 37.2 Å². The average molecular weight is 1130 g/mol. The summed E-state index contributed by atoms with van der Waals surface area (Å²) in [5, 5.41) is 0. The van der Waals surface area contributed by atoms with Gasteiger partial charge in [-0.3, -0.25) is 14.4 Å². The van der Waals surface area contributed by atoms with E-state index in [2.05, 4.69) is 45.1 Å². The quantitative estimate of drug-likeness (QED) is 0.0261. The van der Waals surface area contributed by atoms with Crippen molar-refractivity contribution in [2.24, 2.45) is 0 Å². The van der Waals surface area contributed by atoms with E-state index >= 15 is 0 Å². The third kappa shape index (κ3) is 66.7. The van der Waals surface area contributed by atoms with Gasteiger partial charge >= 0.3 is 17.9 Å². The molecule has 0 aliphatic heterocycles. The zero-order valence-corrected chi connectivity index (χ0v) is 54.4. The SMILES string of the molecule is CCCCCCCC/C=C\CCCCCCCCCC(=O)OC(COC(=O)CCCCCCCCCCCCCCCC)COC(=O)CCCCCCCCCCCCCCCCCCCCC/C=C\CCCCCCCCCC. The molecule has 1 unspecified atom stereocenters. The van der Waals surface area contributed by atoms with Crippen LogP contribution < -0.4 is 0 Å². The lowest BCUT2D eigenvalue weighted by atomic mass is 10.0. The van der Waals surface area contributed by atoms with Crippen molar-refractivity contribution in [3.63, 3.8) is 0 Å². The Morgan fingerprint density at radius 1 is 0.237 bits per heavy atom. The van der Waals surface area contributed by atoms with Gasteiger partial charge in [-0.2, -0.15) is 0 Å². The summed E-state index contributed by atoms with van der Waals surface area (Å²) < 4.78 is 17.0. The summed E-state index contributed by atoms with van der Waals surface area (Å²) in [6.07, 6.45) is 85.1. The molecule has 0 radical (unpaired) electrons. The van der Waals surface area contributed by atoms with E-state index in [0.29, 0.717) is 19.3 Å². The summed E-state index contributed by atoms with van der Waals surface area (Å²) >= 11 is 0. The van der Waals surface area contributed by atoms with Gasteiger partial charge in [0.2, 0.25) is 0 Å². The summed E-state index contributed by atoms with van der Waals surface area (Å²) in [5.41, 5.74) is 0. The number of hydrogen-bond donors (Lipinski definition) is 0. The number of esters is 3. The Kier molecular flexibility index (Phi) is 67.6. The normalized spacial score (nSPS) is 12.1. The highest BCUT2D eigenvalue weighted by molar-refractivity contribution is 5.71. The molecule has 0 rings (SSSR count). The fraction of sp³-hybridized carbons (Fsp3) is 0.905. The summed E-state index contributed by atoms with van der Waals surface area (Å²) in [6, 6.07) is 0. The van der Waals surface area contributed by atoms with Crippen LogP contribution in [0, 0.1) is 0 Å². The van der Waals surface area contributed by atoms with Crippen molar-refractivity contribution in [3.8, 4) is 0 Å². The molecule has 0 spiro atoms.